The van der Waals surface area contributed by atoms with Crippen LogP contribution in [0.1, 0.15) is 30.8 Å². The number of rotatable bonds is 5. The molecule has 0 bridgehead atoms. The molecule has 2 aromatic rings. The molecule has 0 radical (unpaired) electrons. The number of aromatic nitrogens is 2. The van der Waals surface area contributed by atoms with Crippen molar-refractivity contribution in [2.24, 2.45) is 0 Å². The van der Waals surface area contributed by atoms with Gasteiger partial charge in [0, 0.05) is 12.0 Å². The van der Waals surface area contributed by atoms with Crippen molar-refractivity contribution in [1.29, 1.82) is 0 Å². The largest absolute Gasteiger partial charge is 0.493 e. The number of fused-ring (bicyclic) bond motifs is 1. The Hall–Kier alpha value is -2.08. The van der Waals surface area contributed by atoms with Crippen molar-refractivity contribution < 1.29 is 9.15 Å². The minimum atomic E-state index is 0.146. The first-order chi connectivity index (χ1) is 9.86. The molecule has 6 nitrogen and oxygen atoms in total. The van der Waals surface area contributed by atoms with E-state index in [-0.39, 0.29) is 6.04 Å². The first-order valence-electron chi connectivity index (χ1n) is 6.88. The van der Waals surface area contributed by atoms with Crippen LogP contribution in [0.25, 0.3) is 0 Å². The highest BCUT2D eigenvalue weighted by Crippen LogP contribution is 2.33. The molecule has 1 atom stereocenters. The van der Waals surface area contributed by atoms with Gasteiger partial charge in [-0.15, -0.1) is 5.10 Å². The fraction of sp³-hybridized carbons (Fsp3) is 0.429. The van der Waals surface area contributed by atoms with Gasteiger partial charge < -0.3 is 19.8 Å². The quantitative estimate of drug-likeness (QED) is 0.870. The summed E-state index contributed by atoms with van der Waals surface area (Å²) in [7, 11) is 0. The van der Waals surface area contributed by atoms with Crippen LogP contribution in [0.4, 0.5) is 6.01 Å². The molecule has 1 aliphatic heterocycles. The Labute approximate surface area is 117 Å². The van der Waals surface area contributed by atoms with Crippen LogP contribution in [0.15, 0.2) is 28.7 Å². The average Bonchev–Trinajstić information content (AvgIpc) is 2.93. The fourth-order valence-electron chi connectivity index (χ4n) is 2.26. The zero-order valence-corrected chi connectivity index (χ0v) is 11.4. The van der Waals surface area contributed by atoms with Crippen molar-refractivity contribution in [1.82, 2.24) is 15.5 Å². The van der Waals surface area contributed by atoms with E-state index in [9.17, 15) is 0 Å². The first-order valence-corrected chi connectivity index (χ1v) is 6.88. The third-order valence-corrected chi connectivity index (χ3v) is 3.25. The van der Waals surface area contributed by atoms with E-state index < -0.39 is 0 Å². The van der Waals surface area contributed by atoms with Crippen molar-refractivity contribution in [3.05, 3.63) is 35.7 Å². The van der Waals surface area contributed by atoms with Crippen LogP contribution in [0.2, 0.25) is 0 Å². The maximum atomic E-state index is 5.63. The summed E-state index contributed by atoms with van der Waals surface area (Å²) in [6, 6.07) is 8.62. The van der Waals surface area contributed by atoms with Crippen molar-refractivity contribution >= 4 is 6.01 Å². The van der Waals surface area contributed by atoms with Gasteiger partial charge in [-0.2, -0.15) is 0 Å². The van der Waals surface area contributed by atoms with Crippen LogP contribution < -0.4 is 15.4 Å². The molecule has 20 heavy (non-hydrogen) atoms. The average molecular weight is 274 g/mol. The summed E-state index contributed by atoms with van der Waals surface area (Å²) in [4.78, 5) is 0. The zero-order valence-electron chi connectivity index (χ0n) is 11.4. The van der Waals surface area contributed by atoms with Gasteiger partial charge in [0.2, 0.25) is 5.89 Å². The highest BCUT2D eigenvalue weighted by Gasteiger charge is 2.22. The van der Waals surface area contributed by atoms with E-state index in [1.54, 1.807) is 0 Å². The van der Waals surface area contributed by atoms with Crippen LogP contribution >= 0.6 is 0 Å². The smallest absolute Gasteiger partial charge is 0.316 e. The van der Waals surface area contributed by atoms with E-state index in [1.165, 1.54) is 0 Å². The zero-order chi connectivity index (χ0) is 13.8. The lowest BCUT2D eigenvalue weighted by atomic mass is 10.0. The lowest BCUT2D eigenvalue weighted by Crippen LogP contribution is -2.20. The van der Waals surface area contributed by atoms with E-state index >= 15 is 0 Å². The summed E-state index contributed by atoms with van der Waals surface area (Å²) in [5, 5.41) is 14.5. The lowest BCUT2D eigenvalue weighted by Gasteiger charge is -2.25. The highest BCUT2D eigenvalue weighted by molar-refractivity contribution is 5.41. The first kappa shape index (κ1) is 12.9. The Balaban J connectivity index is 1.71. The lowest BCUT2D eigenvalue weighted by molar-refractivity contribution is 0.273. The van der Waals surface area contributed by atoms with Crippen molar-refractivity contribution in [2.75, 3.05) is 18.5 Å². The van der Waals surface area contributed by atoms with Gasteiger partial charge in [-0.25, -0.2) is 0 Å². The molecule has 1 aliphatic rings. The molecular weight excluding hydrogens is 256 g/mol. The van der Waals surface area contributed by atoms with Crippen LogP contribution in [-0.2, 0) is 6.54 Å². The van der Waals surface area contributed by atoms with E-state index in [0.29, 0.717) is 25.1 Å². The second-order valence-corrected chi connectivity index (χ2v) is 4.65. The number of nitrogens with zero attached hydrogens (tertiary/aromatic N) is 2. The minimum absolute atomic E-state index is 0.146. The summed E-state index contributed by atoms with van der Waals surface area (Å²) in [6.07, 6.45) is 0.877. The number of benzene rings is 1. The molecule has 1 unspecified atom stereocenters. The Bertz CT molecular complexity index is 570. The molecule has 106 valence electrons. The molecule has 1 aromatic heterocycles. The molecular formula is C14H18N4O2. The van der Waals surface area contributed by atoms with Gasteiger partial charge in [0.25, 0.3) is 0 Å². The number of nitrogens with one attached hydrogen (secondary N) is 2. The van der Waals surface area contributed by atoms with Gasteiger partial charge in [0.05, 0.1) is 19.2 Å². The van der Waals surface area contributed by atoms with Gasteiger partial charge in [-0.1, -0.05) is 30.2 Å². The van der Waals surface area contributed by atoms with Crippen molar-refractivity contribution in [3.63, 3.8) is 0 Å². The summed E-state index contributed by atoms with van der Waals surface area (Å²) in [5.41, 5.74) is 1.13. The molecule has 2 heterocycles. The van der Waals surface area contributed by atoms with Gasteiger partial charge in [0.15, 0.2) is 0 Å². The van der Waals surface area contributed by atoms with E-state index in [4.69, 9.17) is 9.15 Å². The standard InChI is InChI=1S/C14H18N4O2/c1-2-15-9-13-17-18-14(20-13)16-11-7-8-19-12-6-4-3-5-10(11)12/h3-6,11,15H,2,7-9H2,1H3,(H,16,18). The molecule has 3 rings (SSSR count). The molecule has 0 saturated heterocycles. The topological polar surface area (TPSA) is 72.2 Å². The number of anilines is 1. The third kappa shape index (κ3) is 2.75. The van der Waals surface area contributed by atoms with E-state index in [0.717, 1.165) is 24.3 Å². The van der Waals surface area contributed by atoms with E-state index in [1.807, 2.05) is 25.1 Å². The van der Waals surface area contributed by atoms with Crippen LogP contribution in [-0.4, -0.2) is 23.3 Å². The van der Waals surface area contributed by atoms with Gasteiger partial charge in [0.1, 0.15) is 5.75 Å². The second-order valence-electron chi connectivity index (χ2n) is 4.65. The van der Waals surface area contributed by atoms with Gasteiger partial charge in [-0.05, 0) is 12.6 Å². The Morgan fingerprint density at radius 2 is 2.20 bits per heavy atom. The number of ether oxygens (including phenoxy) is 1. The van der Waals surface area contributed by atoms with Gasteiger partial charge in [-0.3, -0.25) is 0 Å². The van der Waals surface area contributed by atoms with E-state index in [2.05, 4.69) is 26.9 Å². The maximum absolute atomic E-state index is 5.63. The summed E-state index contributed by atoms with van der Waals surface area (Å²) >= 11 is 0. The van der Waals surface area contributed by atoms with Crippen molar-refractivity contribution in [3.8, 4) is 5.75 Å². The van der Waals surface area contributed by atoms with Crippen LogP contribution in [0, 0.1) is 0 Å². The summed E-state index contributed by atoms with van der Waals surface area (Å²) in [5.74, 6) is 1.51. The predicted molar refractivity (Wildman–Crippen MR) is 74.6 cm³/mol. The molecule has 2 N–H and O–H groups in total. The predicted octanol–water partition coefficient (Wildman–Crippen LogP) is 2.11. The molecule has 6 heteroatoms. The minimum Gasteiger partial charge on any atom is -0.493 e. The molecule has 0 spiro atoms. The molecule has 1 aromatic carbocycles. The monoisotopic (exact) mass is 274 g/mol. The summed E-state index contributed by atoms with van der Waals surface area (Å²) < 4.78 is 11.2. The Morgan fingerprint density at radius 1 is 1.30 bits per heavy atom. The fourth-order valence-corrected chi connectivity index (χ4v) is 2.26. The second kappa shape index (κ2) is 5.92. The highest BCUT2D eigenvalue weighted by atomic mass is 16.5. The van der Waals surface area contributed by atoms with Crippen LogP contribution in [0.3, 0.4) is 0 Å². The molecule has 0 saturated carbocycles. The maximum Gasteiger partial charge on any atom is 0.316 e. The van der Waals surface area contributed by atoms with Gasteiger partial charge >= 0.3 is 6.01 Å². The number of hydrogen-bond donors (Lipinski definition) is 2. The number of para-hydroxylation sites is 1. The Kier molecular flexibility index (Phi) is 3.83. The number of hydrogen-bond acceptors (Lipinski definition) is 6. The third-order valence-electron chi connectivity index (χ3n) is 3.25. The molecule has 0 amide bonds. The van der Waals surface area contributed by atoms with Crippen molar-refractivity contribution in [2.45, 2.75) is 25.9 Å². The Morgan fingerprint density at radius 3 is 3.10 bits per heavy atom. The normalized spacial score (nSPS) is 17.4. The SMILES string of the molecule is CCNCc1nnc(NC2CCOc3ccccc32)o1. The molecule has 0 fully saturated rings. The molecule has 0 aliphatic carbocycles. The summed E-state index contributed by atoms with van der Waals surface area (Å²) in [6.45, 7) is 4.19. The van der Waals surface area contributed by atoms with Crippen LogP contribution in [0.5, 0.6) is 5.75 Å².